The van der Waals surface area contributed by atoms with E-state index in [4.69, 9.17) is 17.3 Å². The van der Waals surface area contributed by atoms with Crippen LogP contribution >= 0.6 is 11.6 Å². The fourth-order valence-electron chi connectivity index (χ4n) is 3.46. The van der Waals surface area contributed by atoms with Crippen molar-refractivity contribution in [1.29, 1.82) is 0 Å². The van der Waals surface area contributed by atoms with Crippen molar-refractivity contribution in [1.82, 2.24) is 4.90 Å². The topological polar surface area (TPSA) is 29.3 Å². The van der Waals surface area contributed by atoms with E-state index < -0.39 is 0 Å². The van der Waals surface area contributed by atoms with Gasteiger partial charge in [-0.05, 0) is 68.8 Å². The Kier molecular flexibility index (Phi) is 5.70. The third-order valence-corrected chi connectivity index (χ3v) is 5.44. The second-order valence-corrected chi connectivity index (χ2v) is 7.51. The number of piperidine rings is 1. The van der Waals surface area contributed by atoms with Gasteiger partial charge in [0.1, 0.15) is 0 Å². The highest BCUT2D eigenvalue weighted by atomic mass is 35.5. The van der Waals surface area contributed by atoms with Crippen molar-refractivity contribution in [2.45, 2.75) is 45.6 Å². The number of hydrogen-bond donors (Lipinski definition) is 1. The summed E-state index contributed by atoms with van der Waals surface area (Å²) in [6.45, 7) is 10.0. The van der Waals surface area contributed by atoms with Crippen molar-refractivity contribution in [3.63, 3.8) is 0 Å². The van der Waals surface area contributed by atoms with Crippen LogP contribution in [0.15, 0.2) is 24.3 Å². The van der Waals surface area contributed by atoms with Crippen LogP contribution in [-0.4, -0.2) is 30.1 Å². The molecular formula is C18H29ClN2. The predicted octanol–water partition coefficient (Wildman–Crippen LogP) is 3.97. The Morgan fingerprint density at radius 3 is 2.29 bits per heavy atom. The van der Waals surface area contributed by atoms with Crippen molar-refractivity contribution in [2.24, 2.45) is 17.6 Å². The average molecular weight is 309 g/mol. The molecule has 1 atom stereocenters. The summed E-state index contributed by atoms with van der Waals surface area (Å²) >= 11 is 5.98. The number of nitrogens with two attached hydrogens (primary N) is 1. The highest BCUT2D eigenvalue weighted by molar-refractivity contribution is 6.30. The van der Waals surface area contributed by atoms with Gasteiger partial charge in [-0.2, -0.15) is 0 Å². The zero-order valence-electron chi connectivity index (χ0n) is 13.6. The molecule has 1 heterocycles. The second kappa shape index (κ2) is 7.13. The van der Waals surface area contributed by atoms with E-state index in [-0.39, 0.29) is 5.54 Å². The monoisotopic (exact) mass is 308 g/mol. The fourth-order valence-corrected chi connectivity index (χ4v) is 3.59. The maximum Gasteiger partial charge on any atom is 0.0406 e. The minimum atomic E-state index is 0.0514. The number of benzene rings is 1. The number of nitrogens with zero attached hydrogens (tertiary/aromatic N) is 1. The normalized spacial score (nSPS) is 20.7. The van der Waals surface area contributed by atoms with Crippen molar-refractivity contribution in [2.75, 3.05) is 19.6 Å². The Balaban J connectivity index is 2.02. The van der Waals surface area contributed by atoms with E-state index in [0.29, 0.717) is 6.54 Å². The van der Waals surface area contributed by atoms with Crippen LogP contribution in [0, 0.1) is 11.8 Å². The number of halogens is 1. The lowest BCUT2D eigenvalue weighted by Gasteiger charge is -2.45. The molecule has 1 aromatic carbocycles. The molecule has 1 fully saturated rings. The van der Waals surface area contributed by atoms with E-state index in [1.54, 1.807) is 0 Å². The highest BCUT2D eigenvalue weighted by Gasteiger charge is 2.34. The highest BCUT2D eigenvalue weighted by Crippen LogP contribution is 2.30. The van der Waals surface area contributed by atoms with E-state index in [1.165, 1.54) is 31.5 Å². The molecule has 0 bridgehead atoms. The summed E-state index contributed by atoms with van der Waals surface area (Å²) < 4.78 is 0. The zero-order chi connectivity index (χ0) is 15.5. The van der Waals surface area contributed by atoms with E-state index in [1.807, 2.05) is 12.1 Å². The molecule has 2 nitrogen and oxygen atoms in total. The average Bonchev–Trinajstić information content (AvgIpc) is 2.49. The van der Waals surface area contributed by atoms with Gasteiger partial charge < -0.3 is 5.73 Å². The van der Waals surface area contributed by atoms with Crippen molar-refractivity contribution in [3.8, 4) is 0 Å². The molecule has 1 unspecified atom stereocenters. The Morgan fingerprint density at radius 2 is 1.81 bits per heavy atom. The number of rotatable bonds is 5. The molecule has 1 saturated heterocycles. The first-order valence-electron chi connectivity index (χ1n) is 8.14. The molecule has 1 aliphatic rings. The molecule has 0 aromatic heterocycles. The molecule has 0 aliphatic carbocycles. The number of hydrogen-bond acceptors (Lipinski definition) is 2. The zero-order valence-corrected chi connectivity index (χ0v) is 14.4. The van der Waals surface area contributed by atoms with Crippen LogP contribution in [0.3, 0.4) is 0 Å². The smallest absolute Gasteiger partial charge is 0.0406 e. The predicted molar refractivity (Wildman–Crippen MR) is 91.8 cm³/mol. The number of likely N-dealkylation sites (tertiary alicyclic amines) is 1. The Hall–Kier alpha value is -0.570. The minimum Gasteiger partial charge on any atom is -0.329 e. The van der Waals surface area contributed by atoms with Gasteiger partial charge in [0.15, 0.2) is 0 Å². The SMILES string of the molecule is CC(C)C1CCN(C(C)(CN)Cc2ccc(Cl)cc2)CC1. The van der Waals surface area contributed by atoms with Crippen LogP contribution in [0.25, 0.3) is 0 Å². The molecule has 0 amide bonds. The van der Waals surface area contributed by atoms with E-state index >= 15 is 0 Å². The van der Waals surface area contributed by atoms with Gasteiger partial charge in [0, 0.05) is 17.1 Å². The first-order valence-corrected chi connectivity index (χ1v) is 8.52. The summed E-state index contributed by atoms with van der Waals surface area (Å²) in [5.41, 5.74) is 7.51. The summed E-state index contributed by atoms with van der Waals surface area (Å²) in [6, 6.07) is 8.19. The Morgan fingerprint density at radius 1 is 1.24 bits per heavy atom. The van der Waals surface area contributed by atoms with Gasteiger partial charge in [0.2, 0.25) is 0 Å². The van der Waals surface area contributed by atoms with Gasteiger partial charge in [-0.3, -0.25) is 4.90 Å². The van der Waals surface area contributed by atoms with Crippen LogP contribution in [0.2, 0.25) is 5.02 Å². The van der Waals surface area contributed by atoms with Crippen molar-refractivity contribution >= 4 is 11.6 Å². The van der Waals surface area contributed by atoms with Crippen LogP contribution in [0.4, 0.5) is 0 Å². The van der Waals surface area contributed by atoms with Gasteiger partial charge in [0.25, 0.3) is 0 Å². The standard InChI is InChI=1S/C18H29ClN2/c1-14(2)16-8-10-21(11-9-16)18(3,13-20)12-15-4-6-17(19)7-5-15/h4-7,14,16H,8-13,20H2,1-3H3. The lowest BCUT2D eigenvalue weighted by atomic mass is 9.83. The molecule has 1 aromatic rings. The first-order chi connectivity index (χ1) is 9.94. The third kappa shape index (κ3) is 4.21. The van der Waals surface area contributed by atoms with E-state index in [0.717, 1.165) is 23.3 Å². The van der Waals surface area contributed by atoms with Crippen LogP contribution in [0.1, 0.15) is 39.2 Å². The van der Waals surface area contributed by atoms with Gasteiger partial charge in [-0.1, -0.05) is 37.6 Å². The fraction of sp³-hybridized carbons (Fsp3) is 0.667. The summed E-state index contributed by atoms with van der Waals surface area (Å²) in [5, 5.41) is 0.797. The Labute approximate surface area is 134 Å². The summed E-state index contributed by atoms with van der Waals surface area (Å²) in [5.74, 6) is 1.67. The molecule has 2 N–H and O–H groups in total. The van der Waals surface area contributed by atoms with Crippen molar-refractivity contribution in [3.05, 3.63) is 34.9 Å². The first kappa shape index (κ1) is 16.8. The third-order valence-electron chi connectivity index (χ3n) is 5.18. The van der Waals surface area contributed by atoms with Crippen LogP contribution in [0.5, 0.6) is 0 Å². The van der Waals surface area contributed by atoms with Gasteiger partial charge in [0.05, 0.1) is 0 Å². The van der Waals surface area contributed by atoms with Crippen LogP contribution in [-0.2, 0) is 6.42 Å². The quantitative estimate of drug-likeness (QED) is 0.892. The lowest BCUT2D eigenvalue weighted by molar-refractivity contribution is 0.0574. The van der Waals surface area contributed by atoms with Crippen molar-refractivity contribution < 1.29 is 0 Å². The molecule has 2 rings (SSSR count). The summed E-state index contributed by atoms with van der Waals surface area (Å²) in [7, 11) is 0. The van der Waals surface area contributed by atoms with Crippen LogP contribution < -0.4 is 5.73 Å². The molecular weight excluding hydrogens is 280 g/mol. The molecule has 0 saturated carbocycles. The summed E-state index contributed by atoms with van der Waals surface area (Å²) in [4.78, 5) is 2.60. The van der Waals surface area contributed by atoms with E-state index in [2.05, 4.69) is 37.8 Å². The lowest BCUT2D eigenvalue weighted by Crippen LogP contribution is -2.56. The summed E-state index contributed by atoms with van der Waals surface area (Å²) in [6.07, 6.45) is 3.59. The van der Waals surface area contributed by atoms with E-state index in [9.17, 15) is 0 Å². The maximum absolute atomic E-state index is 6.14. The molecule has 1 aliphatic heterocycles. The van der Waals surface area contributed by atoms with Gasteiger partial charge in [-0.25, -0.2) is 0 Å². The molecule has 0 radical (unpaired) electrons. The second-order valence-electron chi connectivity index (χ2n) is 7.07. The molecule has 118 valence electrons. The molecule has 3 heteroatoms. The Bertz CT molecular complexity index is 435. The minimum absolute atomic E-state index is 0.0514. The van der Waals surface area contributed by atoms with Gasteiger partial charge >= 0.3 is 0 Å². The largest absolute Gasteiger partial charge is 0.329 e. The van der Waals surface area contributed by atoms with Gasteiger partial charge in [-0.15, -0.1) is 0 Å². The molecule has 0 spiro atoms. The molecule has 21 heavy (non-hydrogen) atoms. The maximum atomic E-state index is 6.14.